The van der Waals surface area contributed by atoms with E-state index < -0.39 is 0 Å². The third-order valence-electron chi connectivity index (χ3n) is 4.17. The number of likely N-dealkylation sites (N-methyl/N-ethyl adjacent to an activating group) is 1. The van der Waals surface area contributed by atoms with Crippen molar-refractivity contribution >= 4 is 24.4 Å². The SMILES string of the molecule is CC(=O)N(CCN(C)C)Cc1cc2c(nc1C=O)N(C=O)CCC2. The van der Waals surface area contributed by atoms with Crippen molar-refractivity contribution in [3.63, 3.8) is 0 Å². The molecule has 0 atom stereocenters. The Morgan fingerprint density at radius 1 is 1.33 bits per heavy atom. The fraction of sp³-hybridized carbons (Fsp3) is 0.529. The first-order valence-corrected chi connectivity index (χ1v) is 8.06. The number of rotatable bonds is 7. The maximum atomic E-state index is 11.9. The Balaban J connectivity index is 2.30. The second-order valence-corrected chi connectivity index (χ2v) is 6.28. The summed E-state index contributed by atoms with van der Waals surface area (Å²) in [7, 11) is 3.90. The van der Waals surface area contributed by atoms with Crippen LogP contribution in [0.2, 0.25) is 0 Å². The first-order valence-electron chi connectivity index (χ1n) is 8.06. The number of aldehydes is 1. The highest BCUT2D eigenvalue weighted by Gasteiger charge is 2.22. The van der Waals surface area contributed by atoms with Gasteiger partial charge in [0.25, 0.3) is 0 Å². The molecule has 0 spiro atoms. The van der Waals surface area contributed by atoms with E-state index in [4.69, 9.17) is 0 Å². The fourth-order valence-corrected chi connectivity index (χ4v) is 2.79. The summed E-state index contributed by atoms with van der Waals surface area (Å²) in [6.07, 6.45) is 3.12. The van der Waals surface area contributed by atoms with Crippen LogP contribution in [0.3, 0.4) is 0 Å². The minimum atomic E-state index is -0.0408. The summed E-state index contributed by atoms with van der Waals surface area (Å²) in [5, 5.41) is 0. The van der Waals surface area contributed by atoms with E-state index in [0.717, 1.165) is 36.9 Å². The minimum Gasteiger partial charge on any atom is -0.337 e. The second kappa shape index (κ2) is 8.01. The van der Waals surface area contributed by atoms with Gasteiger partial charge in [0.05, 0.1) is 0 Å². The van der Waals surface area contributed by atoms with Gasteiger partial charge in [-0.15, -0.1) is 0 Å². The van der Waals surface area contributed by atoms with Crippen molar-refractivity contribution in [3.8, 4) is 0 Å². The third kappa shape index (κ3) is 4.17. The molecule has 7 nitrogen and oxygen atoms in total. The molecule has 0 saturated carbocycles. The average molecular weight is 332 g/mol. The first kappa shape index (κ1) is 18.1. The van der Waals surface area contributed by atoms with Gasteiger partial charge >= 0.3 is 0 Å². The van der Waals surface area contributed by atoms with Crippen molar-refractivity contribution < 1.29 is 14.4 Å². The molecule has 0 radical (unpaired) electrons. The van der Waals surface area contributed by atoms with Crippen LogP contribution in [0, 0.1) is 0 Å². The highest BCUT2D eigenvalue weighted by atomic mass is 16.2. The summed E-state index contributed by atoms with van der Waals surface area (Å²) in [4.78, 5) is 44.1. The molecular weight excluding hydrogens is 308 g/mol. The molecule has 0 fully saturated rings. The van der Waals surface area contributed by atoms with E-state index in [9.17, 15) is 14.4 Å². The molecule has 7 heteroatoms. The van der Waals surface area contributed by atoms with Crippen LogP contribution in [0.25, 0.3) is 0 Å². The lowest BCUT2D eigenvalue weighted by atomic mass is 10.0. The molecule has 24 heavy (non-hydrogen) atoms. The van der Waals surface area contributed by atoms with Crippen LogP contribution in [0.1, 0.15) is 35.0 Å². The second-order valence-electron chi connectivity index (χ2n) is 6.28. The Hall–Kier alpha value is -2.28. The van der Waals surface area contributed by atoms with E-state index >= 15 is 0 Å². The van der Waals surface area contributed by atoms with E-state index in [2.05, 4.69) is 4.98 Å². The Bertz CT molecular complexity index is 631. The molecule has 2 heterocycles. The van der Waals surface area contributed by atoms with E-state index in [1.165, 1.54) is 11.8 Å². The largest absolute Gasteiger partial charge is 0.337 e. The number of aromatic nitrogens is 1. The highest BCUT2D eigenvalue weighted by Crippen LogP contribution is 2.26. The van der Waals surface area contributed by atoms with E-state index in [1.54, 1.807) is 4.90 Å². The van der Waals surface area contributed by atoms with Crippen LogP contribution in [-0.2, 0) is 22.6 Å². The van der Waals surface area contributed by atoms with Gasteiger partial charge in [0, 0.05) is 38.7 Å². The van der Waals surface area contributed by atoms with Crippen molar-refractivity contribution in [3.05, 3.63) is 22.9 Å². The molecule has 1 aromatic rings. The van der Waals surface area contributed by atoms with Crippen molar-refractivity contribution in [1.82, 2.24) is 14.8 Å². The summed E-state index contributed by atoms with van der Waals surface area (Å²) in [6.45, 7) is 3.81. The molecule has 1 aliphatic rings. The Morgan fingerprint density at radius 3 is 2.67 bits per heavy atom. The smallest absolute Gasteiger partial charge is 0.219 e. The van der Waals surface area contributed by atoms with E-state index in [0.29, 0.717) is 37.4 Å². The van der Waals surface area contributed by atoms with Crippen LogP contribution in [-0.4, -0.2) is 67.1 Å². The van der Waals surface area contributed by atoms with Gasteiger partial charge in [-0.1, -0.05) is 0 Å². The van der Waals surface area contributed by atoms with Gasteiger partial charge < -0.3 is 9.80 Å². The maximum absolute atomic E-state index is 11.9. The molecule has 0 aliphatic carbocycles. The van der Waals surface area contributed by atoms with Gasteiger partial charge in [0.2, 0.25) is 12.3 Å². The molecular formula is C17H24N4O3. The number of amides is 2. The van der Waals surface area contributed by atoms with E-state index in [1.807, 2.05) is 25.1 Å². The predicted octanol–water partition coefficient (Wildman–Crippen LogP) is 0.713. The predicted molar refractivity (Wildman–Crippen MR) is 91.0 cm³/mol. The zero-order valence-electron chi connectivity index (χ0n) is 14.5. The van der Waals surface area contributed by atoms with Crippen molar-refractivity contribution in [2.45, 2.75) is 26.3 Å². The van der Waals surface area contributed by atoms with Crippen LogP contribution < -0.4 is 4.90 Å². The van der Waals surface area contributed by atoms with Gasteiger partial charge in [-0.3, -0.25) is 19.3 Å². The molecule has 130 valence electrons. The number of anilines is 1. The van der Waals surface area contributed by atoms with Crippen LogP contribution in [0.4, 0.5) is 5.82 Å². The zero-order valence-corrected chi connectivity index (χ0v) is 14.5. The quantitative estimate of drug-likeness (QED) is 0.688. The van der Waals surface area contributed by atoms with Crippen LogP contribution >= 0.6 is 0 Å². The minimum absolute atomic E-state index is 0.0408. The Kier molecular flexibility index (Phi) is 6.03. The monoisotopic (exact) mass is 332 g/mol. The molecule has 0 N–H and O–H groups in total. The van der Waals surface area contributed by atoms with Crippen LogP contribution in [0.15, 0.2) is 6.07 Å². The Morgan fingerprint density at radius 2 is 2.08 bits per heavy atom. The molecule has 1 aliphatic heterocycles. The Labute approximate surface area is 142 Å². The zero-order chi connectivity index (χ0) is 17.7. The summed E-state index contributed by atoms with van der Waals surface area (Å²) in [5.41, 5.74) is 1.97. The topological polar surface area (TPSA) is 73.8 Å². The third-order valence-corrected chi connectivity index (χ3v) is 4.17. The van der Waals surface area contributed by atoms with Gasteiger partial charge in [0.15, 0.2) is 6.29 Å². The normalized spacial score (nSPS) is 13.6. The number of aryl methyl sites for hydroxylation is 1. The van der Waals surface area contributed by atoms with Crippen molar-refractivity contribution in [2.75, 3.05) is 38.6 Å². The molecule has 2 rings (SSSR count). The molecule has 0 aromatic carbocycles. The van der Waals surface area contributed by atoms with E-state index in [-0.39, 0.29) is 5.91 Å². The van der Waals surface area contributed by atoms with Gasteiger partial charge in [-0.25, -0.2) is 4.98 Å². The van der Waals surface area contributed by atoms with Crippen LogP contribution in [0.5, 0.6) is 0 Å². The fourth-order valence-electron chi connectivity index (χ4n) is 2.79. The molecule has 0 bridgehead atoms. The number of nitrogens with zero attached hydrogens (tertiary/aromatic N) is 4. The number of hydrogen-bond acceptors (Lipinski definition) is 5. The lowest BCUT2D eigenvalue weighted by Gasteiger charge is -2.27. The number of carbonyl (C=O) groups is 3. The molecule has 0 unspecified atom stereocenters. The van der Waals surface area contributed by atoms with Crippen molar-refractivity contribution in [1.29, 1.82) is 0 Å². The summed E-state index contributed by atoms with van der Waals surface area (Å²) in [5.74, 6) is 0.519. The van der Waals surface area contributed by atoms with Crippen molar-refractivity contribution in [2.24, 2.45) is 0 Å². The lowest BCUT2D eigenvalue weighted by molar-refractivity contribution is -0.129. The number of fused-ring (bicyclic) bond motifs is 1. The number of hydrogen-bond donors (Lipinski definition) is 0. The maximum Gasteiger partial charge on any atom is 0.219 e. The first-order chi connectivity index (χ1) is 11.5. The highest BCUT2D eigenvalue weighted by molar-refractivity contribution is 5.81. The van der Waals surface area contributed by atoms with Gasteiger partial charge in [-0.05, 0) is 38.6 Å². The number of pyridine rings is 1. The average Bonchev–Trinajstić information content (AvgIpc) is 2.56. The molecule has 2 amide bonds. The standard InChI is InChI=1S/C17H24N4O3/c1-13(24)20(8-7-19(2)3)10-15-9-14-5-4-6-21(12-23)17(14)18-16(15)11-22/h9,11-12H,4-8,10H2,1-3H3. The summed E-state index contributed by atoms with van der Waals surface area (Å²) in [6, 6.07) is 1.91. The summed E-state index contributed by atoms with van der Waals surface area (Å²) < 4.78 is 0. The lowest BCUT2D eigenvalue weighted by Crippen LogP contribution is -2.35. The van der Waals surface area contributed by atoms with Gasteiger partial charge in [-0.2, -0.15) is 0 Å². The van der Waals surface area contributed by atoms with Gasteiger partial charge in [0.1, 0.15) is 11.5 Å². The summed E-state index contributed by atoms with van der Waals surface area (Å²) >= 11 is 0. The number of carbonyl (C=O) groups excluding carboxylic acids is 3. The molecule has 0 saturated heterocycles. The molecule has 1 aromatic heterocycles.